The molecule has 4 rings (SSSR count). The molecule has 8 heteroatoms. The van der Waals surface area contributed by atoms with Crippen LogP contribution in [0.2, 0.25) is 0 Å². The lowest BCUT2D eigenvalue weighted by Crippen LogP contribution is -2.25. The number of aromatic nitrogens is 2. The van der Waals surface area contributed by atoms with Gasteiger partial charge in [-0.05, 0) is 61.1 Å². The Labute approximate surface area is 177 Å². The molecule has 2 amide bonds. The number of carbonyl (C=O) groups excluding carboxylic acids is 2. The normalized spacial score (nSPS) is 13.1. The number of imidazole rings is 1. The maximum atomic E-state index is 13.3. The highest BCUT2D eigenvalue weighted by molar-refractivity contribution is 7.98. The number of benzene rings is 2. The van der Waals surface area contributed by atoms with Gasteiger partial charge in [0.05, 0.1) is 6.20 Å². The van der Waals surface area contributed by atoms with E-state index < -0.39 is 0 Å². The van der Waals surface area contributed by atoms with Gasteiger partial charge in [-0.15, -0.1) is 0 Å². The average molecular weight is 425 g/mol. The van der Waals surface area contributed by atoms with E-state index in [-0.39, 0.29) is 23.5 Å². The van der Waals surface area contributed by atoms with Crippen LogP contribution in [0.3, 0.4) is 0 Å². The highest BCUT2D eigenvalue weighted by Gasteiger charge is 2.29. The fraction of sp³-hybridized carbons (Fsp3) is 0.227. The third-order valence-corrected chi connectivity index (χ3v) is 5.48. The van der Waals surface area contributed by atoms with E-state index in [1.54, 1.807) is 16.7 Å². The van der Waals surface area contributed by atoms with Crippen LogP contribution < -0.4 is 10.6 Å². The molecule has 1 saturated carbocycles. The third kappa shape index (κ3) is 4.54. The van der Waals surface area contributed by atoms with Crippen molar-refractivity contribution in [2.45, 2.75) is 24.5 Å². The van der Waals surface area contributed by atoms with E-state index in [9.17, 15) is 14.0 Å². The van der Waals surface area contributed by atoms with Crippen LogP contribution in [0.4, 0.5) is 10.1 Å². The van der Waals surface area contributed by atoms with E-state index in [4.69, 9.17) is 0 Å². The zero-order chi connectivity index (χ0) is 21.1. The Morgan fingerprint density at radius 3 is 2.67 bits per heavy atom. The lowest BCUT2D eigenvalue weighted by molar-refractivity contribution is -0.117. The van der Waals surface area contributed by atoms with Crippen molar-refractivity contribution in [3.8, 4) is 5.69 Å². The minimum atomic E-state index is -0.343. The Morgan fingerprint density at radius 1 is 1.20 bits per heavy atom. The van der Waals surface area contributed by atoms with Crippen LogP contribution in [0.15, 0.2) is 59.9 Å². The van der Waals surface area contributed by atoms with Crippen molar-refractivity contribution in [1.29, 1.82) is 0 Å². The molecule has 154 valence electrons. The van der Waals surface area contributed by atoms with Crippen molar-refractivity contribution >= 4 is 29.3 Å². The summed E-state index contributed by atoms with van der Waals surface area (Å²) in [5.41, 5.74) is 2.62. The van der Waals surface area contributed by atoms with Gasteiger partial charge in [0, 0.05) is 23.8 Å². The molecular formula is C22H21FN4O2S. The maximum Gasteiger partial charge on any atom is 0.270 e. The molecule has 1 aromatic heterocycles. The van der Waals surface area contributed by atoms with Gasteiger partial charge in [-0.2, -0.15) is 0 Å². The number of halogens is 1. The van der Waals surface area contributed by atoms with Crippen LogP contribution in [0.5, 0.6) is 0 Å². The summed E-state index contributed by atoms with van der Waals surface area (Å²) in [5.74, 6) is -0.460. The zero-order valence-electron chi connectivity index (χ0n) is 16.4. The van der Waals surface area contributed by atoms with Gasteiger partial charge in [-0.25, -0.2) is 9.37 Å². The number of anilines is 1. The highest BCUT2D eigenvalue weighted by atomic mass is 32.2. The number of rotatable bonds is 7. The number of hydrogen-bond acceptors (Lipinski definition) is 4. The Morgan fingerprint density at radius 2 is 1.97 bits per heavy atom. The molecule has 0 atom stereocenters. The molecule has 0 radical (unpaired) electrons. The van der Waals surface area contributed by atoms with Crippen LogP contribution >= 0.6 is 11.8 Å². The van der Waals surface area contributed by atoms with E-state index in [2.05, 4.69) is 15.6 Å². The second-order valence-corrected chi connectivity index (χ2v) is 7.86. The number of hydrogen-bond donors (Lipinski definition) is 2. The van der Waals surface area contributed by atoms with Gasteiger partial charge in [0.25, 0.3) is 5.91 Å². The molecule has 0 bridgehead atoms. The lowest BCUT2D eigenvalue weighted by atomic mass is 10.2. The minimum Gasteiger partial charge on any atom is -0.347 e. The fourth-order valence-corrected chi connectivity index (χ4v) is 3.64. The monoisotopic (exact) mass is 424 g/mol. The first-order valence-corrected chi connectivity index (χ1v) is 10.8. The molecular weight excluding hydrogens is 403 g/mol. The topological polar surface area (TPSA) is 76.0 Å². The van der Waals surface area contributed by atoms with Gasteiger partial charge in [-0.3, -0.25) is 14.2 Å². The molecule has 0 aliphatic heterocycles. The fourth-order valence-electron chi connectivity index (χ4n) is 3.10. The first-order chi connectivity index (χ1) is 14.5. The highest BCUT2D eigenvalue weighted by Crippen LogP contribution is 2.30. The molecule has 0 unspecified atom stereocenters. The molecule has 0 spiro atoms. The van der Waals surface area contributed by atoms with Crippen LogP contribution in [0, 0.1) is 11.7 Å². The molecule has 1 heterocycles. The van der Waals surface area contributed by atoms with Crippen LogP contribution in [0.25, 0.3) is 5.69 Å². The first kappa shape index (κ1) is 20.2. The molecule has 0 saturated heterocycles. The smallest absolute Gasteiger partial charge is 0.270 e. The van der Waals surface area contributed by atoms with E-state index in [0.717, 1.165) is 24.1 Å². The van der Waals surface area contributed by atoms with Gasteiger partial charge in [0.2, 0.25) is 5.91 Å². The summed E-state index contributed by atoms with van der Waals surface area (Å²) in [6, 6.07) is 13.3. The maximum absolute atomic E-state index is 13.3. The molecule has 2 aromatic carbocycles. The van der Waals surface area contributed by atoms with Crippen LogP contribution in [-0.4, -0.2) is 27.6 Å². The van der Waals surface area contributed by atoms with E-state index in [1.807, 2.05) is 30.5 Å². The summed E-state index contributed by atoms with van der Waals surface area (Å²) in [4.78, 5) is 29.1. The standard InChI is InChI=1S/C22H21FN4O2S/c1-30-22-25-13-19(27(22)18-9-7-16(23)8-10-18)21(29)24-12-14-3-2-4-17(11-14)26-20(28)15-5-6-15/h2-4,7-11,13,15H,5-6,12H2,1H3,(H,24,29)(H,26,28). The number of carbonyl (C=O) groups is 2. The van der Waals surface area contributed by atoms with Crippen molar-refractivity contribution in [2.24, 2.45) is 5.92 Å². The predicted octanol–water partition coefficient (Wildman–Crippen LogP) is 4.01. The van der Waals surface area contributed by atoms with Gasteiger partial charge >= 0.3 is 0 Å². The van der Waals surface area contributed by atoms with Crippen molar-refractivity contribution in [2.75, 3.05) is 11.6 Å². The van der Waals surface area contributed by atoms with Gasteiger partial charge < -0.3 is 10.6 Å². The quantitative estimate of drug-likeness (QED) is 0.562. The zero-order valence-corrected chi connectivity index (χ0v) is 17.2. The SMILES string of the molecule is CSc1ncc(C(=O)NCc2cccc(NC(=O)C3CC3)c2)n1-c1ccc(F)cc1. The second-order valence-electron chi connectivity index (χ2n) is 7.09. The Kier molecular flexibility index (Phi) is 5.85. The summed E-state index contributed by atoms with van der Waals surface area (Å²) in [7, 11) is 0. The summed E-state index contributed by atoms with van der Waals surface area (Å²) in [6.45, 7) is 0.301. The van der Waals surface area contributed by atoms with Gasteiger partial charge in [0.1, 0.15) is 11.5 Å². The Hall–Kier alpha value is -3.13. The number of nitrogens with one attached hydrogen (secondary N) is 2. The summed E-state index contributed by atoms with van der Waals surface area (Å²) in [5, 5.41) is 6.44. The van der Waals surface area contributed by atoms with Crippen molar-refractivity contribution in [3.63, 3.8) is 0 Å². The summed E-state index contributed by atoms with van der Waals surface area (Å²) < 4.78 is 15.0. The van der Waals surface area contributed by atoms with Crippen LogP contribution in [0.1, 0.15) is 28.9 Å². The largest absolute Gasteiger partial charge is 0.347 e. The lowest BCUT2D eigenvalue weighted by Gasteiger charge is -2.12. The molecule has 3 aromatic rings. The second kappa shape index (κ2) is 8.71. The predicted molar refractivity (Wildman–Crippen MR) is 114 cm³/mol. The Balaban J connectivity index is 1.47. The Bertz CT molecular complexity index is 1080. The van der Waals surface area contributed by atoms with Crippen molar-refractivity contribution in [1.82, 2.24) is 14.9 Å². The van der Waals surface area contributed by atoms with Gasteiger partial charge in [-0.1, -0.05) is 23.9 Å². The minimum absolute atomic E-state index is 0.0454. The molecule has 1 aliphatic carbocycles. The van der Waals surface area contributed by atoms with E-state index >= 15 is 0 Å². The molecule has 6 nitrogen and oxygen atoms in total. The van der Waals surface area contributed by atoms with Crippen LogP contribution in [-0.2, 0) is 11.3 Å². The molecule has 1 fully saturated rings. The molecule has 30 heavy (non-hydrogen) atoms. The average Bonchev–Trinajstić information content (AvgIpc) is 3.52. The number of thioether (sulfide) groups is 1. The molecule has 1 aliphatic rings. The van der Waals surface area contributed by atoms with Crippen molar-refractivity contribution in [3.05, 3.63) is 71.8 Å². The van der Waals surface area contributed by atoms with E-state index in [0.29, 0.717) is 23.1 Å². The third-order valence-electron chi connectivity index (χ3n) is 4.83. The van der Waals surface area contributed by atoms with Crippen molar-refractivity contribution < 1.29 is 14.0 Å². The number of nitrogens with zero attached hydrogens (tertiary/aromatic N) is 2. The summed E-state index contributed by atoms with van der Waals surface area (Å²) >= 11 is 1.40. The molecule has 2 N–H and O–H groups in total. The summed E-state index contributed by atoms with van der Waals surface area (Å²) in [6.07, 6.45) is 5.27. The first-order valence-electron chi connectivity index (χ1n) is 9.61. The van der Waals surface area contributed by atoms with Gasteiger partial charge in [0.15, 0.2) is 5.16 Å². The number of amides is 2. The van der Waals surface area contributed by atoms with E-state index in [1.165, 1.54) is 30.1 Å².